The second-order valence-corrected chi connectivity index (χ2v) is 3.50. The second-order valence-electron chi connectivity index (χ2n) is 3.50. The lowest BCUT2D eigenvalue weighted by atomic mass is 10.2. The van der Waals surface area contributed by atoms with Crippen molar-refractivity contribution in [2.75, 3.05) is 0 Å². The number of aromatic nitrogens is 2. The van der Waals surface area contributed by atoms with Gasteiger partial charge < -0.3 is 20.5 Å². The summed E-state index contributed by atoms with van der Waals surface area (Å²) in [7, 11) is 0. The molecule has 0 saturated heterocycles. The van der Waals surface area contributed by atoms with Crippen molar-refractivity contribution in [1.29, 1.82) is 0 Å². The summed E-state index contributed by atoms with van der Waals surface area (Å²) in [6.07, 6.45) is 1.53. The molecule has 9 nitrogen and oxygen atoms in total. The number of amides is 1. The third kappa shape index (κ3) is 3.54. The lowest BCUT2D eigenvalue weighted by Gasteiger charge is -2.11. The van der Waals surface area contributed by atoms with E-state index < -0.39 is 22.8 Å². The van der Waals surface area contributed by atoms with E-state index in [1.807, 2.05) is 0 Å². The molecule has 1 rings (SSSR count). The van der Waals surface area contributed by atoms with Crippen LogP contribution in [0.3, 0.4) is 0 Å². The van der Waals surface area contributed by atoms with Crippen molar-refractivity contribution in [2.45, 2.75) is 25.9 Å². The largest absolute Gasteiger partial charge is 0.480 e. The predicted molar refractivity (Wildman–Crippen MR) is 58.7 cm³/mol. The van der Waals surface area contributed by atoms with Gasteiger partial charge in [-0.3, -0.25) is 4.79 Å². The molecule has 1 aromatic heterocycles. The molecule has 1 heterocycles. The Morgan fingerprint density at radius 2 is 2.33 bits per heavy atom. The van der Waals surface area contributed by atoms with Crippen LogP contribution in [0.25, 0.3) is 0 Å². The van der Waals surface area contributed by atoms with Crippen LogP contribution in [-0.4, -0.2) is 37.7 Å². The van der Waals surface area contributed by atoms with Crippen LogP contribution in [0.1, 0.15) is 13.3 Å². The van der Waals surface area contributed by atoms with Crippen molar-refractivity contribution < 1.29 is 19.6 Å². The number of carboxylic acids is 1. The number of nitrogens with zero attached hydrogens (tertiary/aromatic N) is 3. The Morgan fingerprint density at radius 3 is 2.78 bits per heavy atom. The number of hydrogen-bond donors (Lipinski definition) is 2. The Hall–Kier alpha value is -2.45. The number of carbonyl (C=O) groups is 2. The van der Waals surface area contributed by atoms with Crippen molar-refractivity contribution in [3.8, 4) is 0 Å². The fourth-order valence-corrected chi connectivity index (χ4v) is 1.26. The summed E-state index contributed by atoms with van der Waals surface area (Å²) < 4.78 is 1.07. The van der Waals surface area contributed by atoms with Crippen molar-refractivity contribution in [3.05, 3.63) is 22.4 Å². The molecule has 98 valence electrons. The Bertz CT molecular complexity index is 469. The van der Waals surface area contributed by atoms with Crippen molar-refractivity contribution in [2.24, 2.45) is 0 Å². The third-order valence-corrected chi connectivity index (χ3v) is 2.16. The first-order valence-electron chi connectivity index (χ1n) is 5.14. The highest BCUT2D eigenvalue weighted by molar-refractivity contribution is 5.83. The summed E-state index contributed by atoms with van der Waals surface area (Å²) in [5.41, 5.74) is 0. The first kappa shape index (κ1) is 13.6. The van der Waals surface area contributed by atoms with Crippen LogP contribution in [0, 0.1) is 10.1 Å². The summed E-state index contributed by atoms with van der Waals surface area (Å²) in [6, 6.07) is 0.185. The fraction of sp³-hybridized carbons (Fsp3) is 0.444. The van der Waals surface area contributed by atoms with Crippen molar-refractivity contribution in [3.63, 3.8) is 0 Å². The Balaban J connectivity index is 2.58. The summed E-state index contributed by atoms with van der Waals surface area (Å²) in [4.78, 5) is 31.8. The summed E-state index contributed by atoms with van der Waals surface area (Å²) in [5.74, 6) is -2.06. The van der Waals surface area contributed by atoms with Gasteiger partial charge >= 0.3 is 11.8 Å². The minimum atomic E-state index is -1.13. The van der Waals surface area contributed by atoms with E-state index in [0.717, 1.165) is 10.7 Å². The van der Waals surface area contributed by atoms with Gasteiger partial charge in [-0.05, 0) is 11.3 Å². The molecule has 0 aliphatic carbocycles. The molecule has 0 aliphatic rings. The molecule has 18 heavy (non-hydrogen) atoms. The molecule has 1 amide bonds. The summed E-state index contributed by atoms with van der Waals surface area (Å²) in [5, 5.41) is 24.9. The number of carbonyl (C=O) groups excluding carboxylic acids is 1. The van der Waals surface area contributed by atoms with E-state index in [-0.39, 0.29) is 18.8 Å². The molecule has 1 atom stereocenters. The van der Waals surface area contributed by atoms with Gasteiger partial charge in [0.2, 0.25) is 5.91 Å². The standard InChI is InChI=1S/C9H12N4O5/c1-2-6(9(15)16)10-8(14)5-12-4-3-7(11-12)13(17)18/h3-4,6H,2,5H2,1H3,(H,10,14)(H,15,16)/t6-/m1/s1. The highest BCUT2D eigenvalue weighted by atomic mass is 16.6. The molecule has 0 spiro atoms. The highest BCUT2D eigenvalue weighted by Crippen LogP contribution is 2.04. The number of nitrogens with one attached hydrogen (secondary N) is 1. The zero-order chi connectivity index (χ0) is 13.7. The molecule has 0 radical (unpaired) electrons. The lowest BCUT2D eigenvalue weighted by Crippen LogP contribution is -2.41. The minimum Gasteiger partial charge on any atom is -0.480 e. The first-order chi connectivity index (χ1) is 8.43. The molecular weight excluding hydrogens is 244 g/mol. The van der Waals surface area contributed by atoms with Crippen LogP contribution in [-0.2, 0) is 16.1 Å². The van der Waals surface area contributed by atoms with E-state index >= 15 is 0 Å². The predicted octanol–water partition coefficient (Wildman–Crippen LogP) is -0.229. The minimum absolute atomic E-state index is 0.250. The molecule has 0 bridgehead atoms. The van der Waals surface area contributed by atoms with Crippen LogP contribution in [0.5, 0.6) is 0 Å². The highest BCUT2D eigenvalue weighted by Gasteiger charge is 2.19. The van der Waals surface area contributed by atoms with Crippen LogP contribution < -0.4 is 5.32 Å². The summed E-state index contributed by atoms with van der Waals surface area (Å²) >= 11 is 0. The molecule has 0 unspecified atom stereocenters. The Morgan fingerprint density at radius 1 is 1.67 bits per heavy atom. The Labute approximate surface area is 102 Å². The smallest absolute Gasteiger partial charge is 0.389 e. The Kier molecular flexibility index (Phi) is 4.35. The molecule has 0 aliphatic heterocycles. The molecule has 0 fully saturated rings. The quantitative estimate of drug-likeness (QED) is 0.534. The van der Waals surface area contributed by atoms with Crippen LogP contribution in [0.2, 0.25) is 0 Å². The van der Waals surface area contributed by atoms with E-state index in [9.17, 15) is 19.7 Å². The van der Waals surface area contributed by atoms with E-state index in [2.05, 4.69) is 10.4 Å². The topological polar surface area (TPSA) is 127 Å². The molecule has 9 heteroatoms. The third-order valence-electron chi connectivity index (χ3n) is 2.16. The molecule has 0 saturated carbocycles. The molecule has 2 N–H and O–H groups in total. The average Bonchev–Trinajstić information content (AvgIpc) is 2.74. The number of carboxylic acid groups (broad SMARTS) is 1. The normalized spacial score (nSPS) is 11.8. The van der Waals surface area contributed by atoms with Gasteiger partial charge in [0.1, 0.15) is 12.6 Å². The van der Waals surface area contributed by atoms with E-state index in [0.29, 0.717) is 0 Å². The molecule has 0 aromatic carbocycles. The van der Waals surface area contributed by atoms with Crippen LogP contribution in [0.15, 0.2) is 12.3 Å². The first-order valence-corrected chi connectivity index (χ1v) is 5.14. The molecule has 1 aromatic rings. The van der Waals surface area contributed by atoms with Gasteiger partial charge in [0, 0.05) is 0 Å². The van der Waals surface area contributed by atoms with Gasteiger partial charge in [0.05, 0.1) is 17.4 Å². The van der Waals surface area contributed by atoms with Gasteiger partial charge in [-0.15, -0.1) is 0 Å². The van der Waals surface area contributed by atoms with Crippen LogP contribution in [0.4, 0.5) is 5.82 Å². The molecular formula is C9H12N4O5. The fourth-order valence-electron chi connectivity index (χ4n) is 1.26. The van der Waals surface area contributed by atoms with Gasteiger partial charge in [-0.25, -0.2) is 4.79 Å². The van der Waals surface area contributed by atoms with E-state index in [4.69, 9.17) is 5.11 Å². The zero-order valence-electron chi connectivity index (χ0n) is 9.57. The summed E-state index contributed by atoms with van der Waals surface area (Å²) in [6.45, 7) is 1.36. The average molecular weight is 256 g/mol. The number of rotatable bonds is 6. The lowest BCUT2D eigenvalue weighted by molar-refractivity contribution is -0.389. The van der Waals surface area contributed by atoms with Gasteiger partial charge in [-0.2, -0.15) is 4.68 Å². The maximum atomic E-state index is 11.5. The second kappa shape index (κ2) is 5.75. The zero-order valence-corrected chi connectivity index (χ0v) is 9.57. The van der Waals surface area contributed by atoms with Gasteiger partial charge in [0.25, 0.3) is 0 Å². The number of hydrogen-bond acceptors (Lipinski definition) is 5. The maximum Gasteiger partial charge on any atom is 0.389 e. The maximum absolute atomic E-state index is 11.5. The van der Waals surface area contributed by atoms with E-state index in [1.165, 1.54) is 6.20 Å². The number of aliphatic carboxylic acids is 1. The van der Waals surface area contributed by atoms with E-state index in [1.54, 1.807) is 6.92 Å². The van der Waals surface area contributed by atoms with Crippen molar-refractivity contribution >= 4 is 17.7 Å². The van der Waals surface area contributed by atoms with Gasteiger partial charge in [0.15, 0.2) is 0 Å². The van der Waals surface area contributed by atoms with Crippen LogP contribution >= 0.6 is 0 Å². The van der Waals surface area contributed by atoms with Crippen molar-refractivity contribution in [1.82, 2.24) is 15.1 Å². The monoisotopic (exact) mass is 256 g/mol. The number of nitro groups is 1. The van der Waals surface area contributed by atoms with Gasteiger partial charge in [-0.1, -0.05) is 6.92 Å². The SMILES string of the molecule is CC[C@@H](NC(=O)Cn1ccc([N+](=O)[O-])n1)C(=O)O.